The van der Waals surface area contributed by atoms with E-state index in [1.54, 1.807) is 22.7 Å². The Morgan fingerprint density at radius 2 is 1.93 bits per heavy atom. The van der Waals surface area contributed by atoms with Crippen LogP contribution in [0.3, 0.4) is 0 Å². The predicted molar refractivity (Wildman–Crippen MR) is 110 cm³/mol. The Morgan fingerprint density at radius 1 is 1.14 bits per heavy atom. The van der Waals surface area contributed by atoms with Crippen molar-refractivity contribution in [2.24, 2.45) is 7.05 Å². The number of aliphatic carboxylic acids is 1. The fourth-order valence-corrected chi connectivity index (χ4v) is 3.75. The van der Waals surface area contributed by atoms with Gasteiger partial charge in [0.1, 0.15) is 0 Å². The van der Waals surface area contributed by atoms with E-state index in [-0.39, 0.29) is 12.5 Å². The number of carbonyl (C=O) groups excluding carboxylic acids is 1. The third kappa shape index (κ3) is 3.77. The van der Waals surface area contributed by atoms with Crippen molar-refractivity contribution < 1.29 is 14.7 Å². The fourth-order valence-electron chi connectivity index (χ4n) is 3.75. The molecule has 0 atom stereocenters. The van der Waals surface area contributed by atoms with Gasteiger partial charge in [0, 0.05) is 25.8 Å². The Balaban J connectivity index is 1.58. The van der Waals surface area contributed by atoms with Crippen molar-refractivity contribution >= 4 is 17.6 Å². The van der Waals surface area contributed by atoms with Crippen LogP contribution >= 0.6 is 0 Å². The molecule has 1 aliphatic rings. The van der Waals surface area contributed by atoms with Crippen molar-refractivity contribution in [3.05, 3.63) is 71.5 Å². The lowest BCUT2D eigenvalue weighted by molar-refractivity contribution is -0.136. The molecular formula is C22H22N4O3. The van der Waals surface area contributed by atoms with E-state index in [2.05, 4.69) is 28.6 Å². The van der Waals surface area contributed by atoms with Gasteiger partial charge < -0.3 is 15.3 Å². The van der Waals surface area contributed by atoms with Gasteiger partial charge in [-0.15, -0.1) is 0 Å². The summed E-state index contributed by atoms with van der Waals surface area (Å²) in [7, 11) is 1.75. The van der Waals surface area contributed by atoms with Gasteiger partial charge in [-0.05, 0) is 35.2 Å². The molecule has 0 spiro atoms. The average molecular weight is 390 g/mol. The van der Waals surface area contributed by atoms with E-state index in [9.17, 15) is 9.59 Å². The third-order valence-corrected chi connectivity index (χ3v) is 5.14. The molecule has 0 radical (unpaired) electrons. The lowest BCUT2D eigenvalue weighted by atomic mass is 9.98. The zero-order valence-corrected chi connectivity index (χ0v) is 16.1. The fraction of sp³-hybridized carbons (Fsp3) is 0.227. The van der Waals surface area contributed by atoms with Crippen molar-refractivity contribution in [1.29, 1.82) is 0 Å². The maximum Gasteiger partial charge on any atom is 0.317 e. The van der Waals surface area contributed by atoms with Crippen molar-refractivity contribution in [3.8, 4) is 11.1 Å². The van der Waals surface area contributed by atoms with E-state index in [1.807, 2.05) is 30.3 Å². The predicted octanol–water partition coefficient (Wildman–Crippen LogP) is 2.46. The first-order chi connectivity index (χ1) is 14.0. The first-order valence-corrected chi connectivity index (χ1v) is 9.49. The van der Waals surface area contributed by atoms with Gasteiger partial charge in [-0.1, -0.05) is 42.5 Å². The van der Waals surface area contributed by atoms with Crippen LogP contribution in [0.2, 0.25) is 0 Å². The maximum atomic E-state index is 13.1. The lowest BCUT2D eigenvalue weighted by Crippen LogP contribution is -2.29. The van der Waals surface area contributed by atoms with Crippen molar-refractivity contribution in [2.45, 2.75) is 13.0 Å². The molecule has 7 heteroatoms. The van der Waals surface area contributed by atoms with Gasteiger partial charge in [-0.2, -0.15) is 5.10 Å². The number of carbonyl (C=O) groups is 2. The molecule has 0 saturated heterocycles. The minimum Gasteiger partial charge on any atom is -0.480 e. The summed E-state index contributed by atoms with van der Waals surface area (Å²) in [6.45, 7) is 0.801. The Kier molecular flexibility index (Phi) is 5.14. The molecular weight excluding hydrogens is 368 g/mol. The zero-order valence-electron chi connectivity index (χ0n) is 16.1. The summed E-state index contributed by atoms with van der Waals surface area (Å²) in [5.41, 5.74) is 5.50. The van der Waals surface area contributed by atoms with Gasteiger partial charge in [-0.25, -0.2) is 0 Å². The monoisotopic (exact) mass is 390 g/mol. The molecule has 4 rings (SSSR count). The number of hydrogen-bond acceptors (Lipinski definition) is 4. The van der Waals surface area contributed by atoms with E-state index >= 15 is 0 Å². The molecule has 0 saturated carbocycles. The summed E-state index contributed by atoms with van der Waals surface area (Å²) < 4.78 is 1.61. The quantitative estimate of drug-likeness (QED) is 0.675. The van der Waals surface area contributed by atoms with E-state index in [0.717, 1.165) is 28.9 Å². The average Bonchev–Trinajstić information content (AvgIpc) is 3.31. The highest BCUT2D eigenvalue weighted by molar-refractivity contribution is 6.06. The summed E-state index contributed by atoms with van der Waals surface area (Å²) in [6, 6.07) is 17.9. The highest BCUT2D eigenvalue weighted by Gasteiger charge is 2.29. The Morgan fingerprint density at radius 3 is 2.69 bits per heavy atom. The number of rotatable bonds is 6. The molecule has 29 heavy (non-hydrogen) atoms. The molecule has 0 bridgehead atoms. The van der Waals surface area contributed by atoms with E-state index in [1.165, 1.54) is 5.56 Å². The van der Waals surface area contributed by atoms with E-state index in [4.69, 9.17) is 5.11 Å². The second-order valence-corrected chi connectivity index (χ2v) is 7.02. The molecule has 0 unspecified atom stereocenters. The van der Waals surface area contributed by atoms with Gasteiger partial charge in [-0.3, -0.25) is 14.3 Å². The second-order valence-electron chi connectivity index (χ2n) is 7.02. The topological polar surface area (TPSA) is 87.5 Å². The number of carboxylic acids is 1. The number of aryl methyl sites for hydroxylation is 1. The van der Waals surface area contributed by atoms with Gasteiger partial charge in [0.25, 0.3) is 5.91 Å². The first kappa shape index (κ1) is 18.9. The van der Waals surface area contributed by atoms with Crippen molar-refractivity contribution in [2.75, 3.05) is 18.0 Å². The number of aromatic nitrogens is 2. The summed E-state index contributed by atoms with van der Waals surface area (Å²) in [5.74, 6) is -1.07. The van der Waals surface area contributed by atoms with Crippen molar-refractivity contribution in [1.82, 2.24) is 15.1 Å². The molecule has 2 N–H and O–H groups in total. The molecule has 2 heterocycles. The number of benzene rings is 2. The second kappa shape index (κ2) is 7.89. The normalized spacial score (nSPS) is 12.8. The molecule has 0 aliphatic carbocycles. The number of nitrogens with one attached hydrogen (secondary N) is 1. The number of carboxylic acid groups (broad SMARTS) is 1. The largest absolute Gasteiger partial charge is 0.480 e. The van der Waals surface area contributed by atoms with Gasteiger partial charge in [0.15, 0.2) is 5.69 Å². The van der Waals surface area contributed by atoms with Crippen LogP contribution in [0.5, 0.6) is 0 Å². The standard InChI is InChI=1S/C22H22N4O3/c1-25-16(13-23-14-21(27)28)12-19(24-25)22(29)26-11-10-18-17(8-5-9-20(18)26)15-6-3-2-4-7-15/h2-9,12,23H,10-11,13-14H2,1H3,(H,27,28). The molecule has 1 aromatic heterocycles. The van der Waals surface area contributed by atoms with Gasteiger partial charge in [0.2, 0.25) is 0 Å². The number of amides is 1. The number of nitrogens with zero attached hydrogens (tertiary/aromatic N) is 3. The van der Waals surface area contributed by atoms with Crippen LogP contribution in [0, 0.1) is 0 Å². The zero-order chi connectivity index (χ0) is 20.4. The minimum absolute atomic E-state index is 0.143. The highest BCUT2D eigenvalue weighted by atomic mass is 16.4. The molecule has 1 amide bonds. The van der Waals surface area contributed by atoms with Crippen LogP contribution in [0.25, 0.3) is 11.1 Å². The van der Waals surface area contributed by atoms with E-state index in [0.29, 0.717) is 18.8 Å². The van der Waals surface area contributed by atoms with Crippen LogP contribution in [0.4, 0.5) is 5.69 Å². The van der Waals surface area contributed by atoms with Gasteiger partial charge >= 0.3 is 5.97 Å². The van der Waals surface area contributed by atoms with Crippen LogP contribution in [0.1, 0.15) is 21.7 Å². The Bertz CT molecular complexity index is 1060. The number of fused-ring (bicyclic) bond motifs is 1. The SMILES string of the molecule is Cn1nc(C(=O)N2CCc3c(-c4ccccc4)cccc32)cc1CNCC(=O)O. The smallest absolute Gasteiger partial charge is 0.317 e. The summed E-state index contributed by atoms with van der Waals surface area (Å²) in [5, 5.41) is 15.9. The summed E-state index contributed by atoms with van der Waals surface area (Å²) in [4.78, 5) is 25.6. The molecule has 7 nitrogen and oxygen atoms in total. The molecule has 3 aromatic rings. The summed E-state index contributed by atoms with van der Waals surface area (Å²) in [6.07, 6.45) is 0.798. The number of hydrogen-bond donors (Lipinski definition) is 2. The third-order valence-electron chi connectivity index (χ3n) is 5.14. The van der Waals surface area contributed by atoms with Crippen LogP contribution < -0.4 is 10.2 Å². The lowest BCUT2D eigenvalue weighted by Gasteiger charge is -2.16. The van der Waals surface area contributed by atoms with E-state index < -0.39 is 5.97 Å². The van der Waals surface area contributed by atoms with Crippen LogP contribution in [0.15, 0.2) is 54.6 Å². The number of anilines is 1. The maximum absolute atomic E-state index is 13.1. The molecule has 1 aliphatic heterocycles. The highest BCUT2D eigenvalue weighted by Crippen LogP contribution is 2.36. The first-order valence-electron chi connectivity index (χ1n) is 9.49. The minimum atomic E-state index is -0.925. The van der Waals surface area contributed by atoms with Gasteiger partial charge in [0.05, 0.1) is 12.2 Å². The molecule has 148 valence electrons. The molecule has 2 aromatic carbocycles. The van der Waals surface area contributed by atoms with Crippen LogP contribution in [-0.4, -0.2) is 39.9 Å². The summed E-state index contributed by atoms with van der Waals surface area (Å²) >= 11 is 0. The van der Waals surface area contributed by atoms with Crippen molar-refractivity contribution in [3.63, 3.8) is 0 Å². The Labute approximate surface area is 168 Å². The Hall–Kier alpha value is -3.45. The van der Waals surface area contributed by atoms with Crippen LogP contribution in [-0.2, 0) is 24.8 Å². The molecule has 0 fully saturated rings.